The third-order valence-electron chi connectivity index (χ3n) is 1.82. The minimum Gasteiger partial charge on any atom is -0.388 e. The first-order chi connectivity index (χ1) is 6.37. The van der Waals surface area contributed by atoms with Gasteiger partial charge in [-0.2, -0.15) is 0 Å². The topological polar surface area (TPSA) is 61.4 Å². The van der Waals surface area contributed by atoms with Gasteiger partial charge in [0, 0.05) is 13.1 Å². The first-order valence-electron chi connectivity index (χ1n) is 5.11. The summed E-state index contributed by atoms with van der Waals surface area (Å²) in [6, 6.07) is -0.225. The number of aliphatic hydroxyl groups is 1. The van der Waals surface area contributed by atoms with E-state index in [1.165, 1.54) is 0 Å². The van der Waals surface area contributed by atoms with Crippen molar-refractivity contribution in [3.8, 4) is 0 Å². The Kier molecular flexibility index (Phi) is 5.53. The average molecular weight is 202 g/mol. The second kappa shape index (κ2) is 5.86. The second-order valence-corrected chi connectivity index (χ2v) is 4.31. The van der Waals surface area contributed by atoms with Gasteiger partial charge in [-0.15, -0.1) is 0 Å². The molecule has 84 valence electrons. The lowest BCUT2D eigenvalue weighted by Crippen LogP contribution is -2.45. The minimum atomic E-state index is -0.820. The Balaban J connectivity index is 3.80. The van der Waals surface area contributed by atoms with Gasteiger partial charge in [-0.05, 0) is 26.2 Å². The molecule has 0 bridgehead atoms. The van der Waals surface area contributed by atoms with Crippen molar-refractivity contribution in [3.63, 3.8) is 0 Å². The molecule has 0 saturated carbocycles. The molecule has 14 heavy (non-hydrogen) atoms. The van der Waals surface area contributed by atoms with Crippen LogP contribution in [0.4, 0.5) is 4.79 Å². The molecule has 2 amide bonds. The summed E-state index contributed by atoms with van der Waals surface area (Å²) in [5.74, 6) is 0.418. The largest absolute Gasteiger partial charge is 0.388 e. The molecule has 0 fully saturated rings. The lowest BCUT2D eigenvalue weighted by atomic mass is 9.94. The van der Waals surface area contributed by atoms with Crippen LogP contribution in [0.1, 0.15) is 34.1 Å². The van der Waals surface area contributed by atoms with Crippen LogP contribution in [-0.2, 0) is 0 Å². The monoisotopic (exact) mass is 202 g/mol. The highest BCUT2D eigenvalue weighted by Gasteiger charge is 2.22. The fourth-order valence-corrected chi connectivity index (χ4v) is 1.45. The average Bonchev–Trinajstić information content (AvgIpc) is 1.99. The minimum absolute atomic E-state index is 0.225. The summed E-state index contributed by atoms with van der Waals surface area (Å²) in [5, 5.41) is 15.1. The molecular weight excluding hydrogens is 180 g/mol. The Morgan fingerprint density at radius 1 is 1.43 bits per heavy atom. The maximum atomic E-state index is 11.0. The van der Waals surface area contributed by atoms with Crippen molar-refractivity contribution >= 4 is 6.03 Å². The van der Waals surface area contributed by atoms with Gasteiger partial charge in [0.1, 0.15) is 0 Å². The highest BCUT2D eigenvalue weighted by atomic mass is 16.3. The van der Waals surface area contributed by atoms with E-state index >= 15 is 0 Å². The highest BCUT2D eigenvalue weighted by Crippen LogP contribution is 2.14. The quantitative estimate of drug-likeness (QED) is 0.625. The summed E-state index contributed by atoms with van der Waals surface area (Å²) in [4.78, 5) is 11.0. The summed E-state index contributed by atoms with van der Waals surface area (Å²) in [7, 11) is 0. The molecule has 0 radical (unpaired) electrons. The van der Waals surface area contributed by atoms with Gasteiger partial charge in [0.2, 0.25) is 0 Å². The molecule has 3 N–H and O–H groups in total. The SMILES string of the molecule is CCNC(=O)NCC(C)(O)CC(C)C. The molecule has 1 atom stereocenters. The van der Waals surface area contributed by atoms with Gasteiger partial charge in [-0.25, -0.2) is 4.79 Å². The number of carbonyl (C=O) groups excluding carboxylic acids is 1. The Hall–Kier alpha value is -0.770. The predicted molar refractivity (Wildman–Crippen MR) is 57.2 cm³/mol. The van der Waals surface area contributed by atoms with Gasteiger partial charge >= 0.3 is 6.03 Å². The van der Waals surface area contributed by atoms with Crippen molar-refractivity contribution in [1.29, 1.82) is 0 Å². The summed E-state index contributed by atoms with van der Waals surface area (Å²) in [6.45, 7) is 8.56. The Morgan fingerprint density at radius 2 is 2.00 bits per heavy atom. The van der Waals surface area contributed by atoms with Crippen LogP contribution in [0.2, 0.25) is 0 Å². The molecule has 0 spiro atoms. The van der Waals surface area contributed by atoms with E-state index < -0.39 is 5.60 Å². The number of amides is 2. The van der Waals surface area contributed by atoms with Crippen LogP contribution in [-0.4, -0.2) is 29.8 Å². The van der Waals surface area contributed by atoms with Crippen molar-refractivity contribution in [2.24, 2.45) is 5.92 Å². The first-order valence-corrected chi connectivity index (χ1v) is 5.11. The molecule has 0 heterocycles. The molecule has 0 aliphatic rings. The fourth-order valence-electron chi connectivity index (χ4n) is 1.45. The normalized spacial score (nSPS) is 15.0. The van der Waals surface area contributed by atoms with E-state index in [9.17, 15) is 9.90 Å². The van der Waals surface area contributed by atoms with E-state index in [1.807, 2.05) is 20.8 Å². The van der Waals surface area contributed by atoms with Gasteiger partial charge in [-0.3, -0.25) is 0 Å². The number of rotatable bonds is 5. The van der Waals surface area contributed by atoms with Crippen LogP contribution in [0.25, 0.3) is 0 Å². The highest BCUT2D eigenvalue weighted by molar-refractivity contribution is 5.73. The van der Waals surface area contributed by atoms with Crippen LogP contribution in [0.3, 0.4) is 0 Å². The lowest BCUT2D eigenvalue weighted by molar-refractivity contribution is 0.0409. The molecule has 4 heteroatoms. The number of hydrogen-bond donors (Lipinski definition) is 3. The Bertz CT molecular complexity index is 179. The van der Waals surface area contributed by atoms with Gasteiger partial charge < -0.3 is 15.7 Å². The molecule has 4 nitrogen and oxygen atoms in total. The molecule has 0 aliphatic heterocycles. The van der Waals surface area contributed by atoms with E-state index in [2.05, 4.69) is 10.6 Å². The number of hydrogen-bond acceptors (Lipinski definition) is 2. The number of urea groups is 1. The smallest absolute Gasteiger partial charge is 0.314 e. The van der Waals surface area contributed by atoms with E-state index in [0.717, 1.165) is 0 Å². The van der Waals surface area contributed by atoms with E-state index in [0.29, 0.717) is 18.9 Å². The molecule has 0 rings (SSSR count). The van der Waals surface area contributed by atoms with Crippen LogP contribution in [0.5, 0.6) is 0 Å². The zero-order chi connectivity index (χ0) is 11.2. The maximum Gasteiger partial charge on any atom is 0.314 e. The molecule has 0 aromatic heterocycles. The van der Waals surface area contributed by atoms with Gasteiger partial charge in [-0.1, -0.05) is 13.8 Å². The third kappa shape index (κ3) is 6.71. The second-order valence-electron chi connectivity index (χ2n) is 4.31. The van der Waals surface area contributed by atoms with Crippen molar-refractivity contribution < 1.29 is 9.90 Å². The fraction of sp³-hybridized carbons (Fsp3) is 0.900. The van der Waals surface area contributed by atoms with E-state index in [-0.39, 0.29) is 12.6 Å². The molecule has 0 saturated heterocycles. The molecule has 0 aliphatic carbocycles. The molecular formula is C10H22N2O2. The maximum absolute atomic E-state index is 11.0. The molecule has 1 unspecified atom stereocenters. The standard InChI is InChI=1S/C10H22N2O2/c1-5-11-9(13)12-7-10(4,14)6-8(2)3/h8,14H,5-7H2,1-4H3,(H2,11,12,13). The van der Waals surface area contributed by atoms with Crippen molar-refractivity contribution in [1.82, 2.24) is 10.6 Å². The van der Waals surface area contributed by atoms with Gasteiger partial charge in [0.05, 0.1) is 5.60 Å². The zero-order valence-corrected chi connectivity index (χ0v) is 9.55. The Labute approximate surface area is 86.1 Å². The summed E-state index contributed by atoms with van der Waals surface area (Å²) < 4.78 is 0. The number of nitrogens with one attached hydrogen (secondary N) is 2. The summed E-state index contributed by atoms with van der Waals surface area (Å²) >= 11 is 0. The van der Waals surface area contributed by atoms with Crippen molar-refractivity contribution in [2.45, 2.75) is 39.7 Å². The van der Waals surface area contributed by atoms with Crippen molar-refractivity contribution in [3.05, 3.63) is 0 Å². The summed E-state index contributed by atoms with van der Waals surface area (Å²) in [6.07, 6.45) is 0.680. The molecule has 0 aromatic carbocycles. The summed E-state index contributed by atoms with van der Waals surface area (Å²) in [5.41, 5.74) is -0.820. The first kappa shape index (κ1) is 13.2. The van der Waals surface area contributed by atoms with Crippen LogP contribution >= 0.6 is 0 Å². The number of carbonyl (C=O) groups is 1. The van der Waals surface area contributed by atoms with Crippen LogP contribution in [0.15, 0.2) is 0 Å². The van der Waals surface area contributed by atoms with E-state index in [1.54, 1.807) is 6.92 Å². The van der Waals surface area contributed by atoms with Crippen molar-refractivity contribution in [2.75, 3.05) is 13.1 Å². The predicted octanol–water partition coefficient (Wildman–Crippen LogP) is 1.10. The molecule has 0 aromatic rings. The van der Waals surface area contributed by atoms with E-state index in [4.69, 9.17) is 0 Å². The third-order valence-corrected chi connectivity index (χ3v) is 1.82. The van der Waals surface area contributed by atoms with Gasteiger partial charge in [0.25, 0.3) is 0 Å². The van der Waals surface area contributed by atoms with Crippen LogP contribution in [0, 0.1) is 5.92 Å². The Morgan fingerprint density at radius 3 is 2.43 bits per heavy atom. The van der Waals surface area contributed by atoms with Crippen LogP contribution < -0.4 is 10.6 Å². The van der Waals surface area contributed by atoms with Gasteiger partial charge in [0.15, 0.2) is 0 Å². The lowest BCUT2D eigenvalue weighted by Gasteiger charge is -2.25. The zero-order valence-electron chi connectivity index (χ0n) is 9.55.